The molecule has 0 aromatic carbocycles. The van der Waals surface area contributed by atoms with Crippen molar-refractivity contribution in [3.05, 3.63) is 0 Å². The summed E-state index contributed by atoms with van der Waals surface area (Å²) in [5.41, 5.74) is 0. The van der Waals surface area contributed by atoms with E-state index < -0.39 is 12.3 Å². The first kappa shape index (κ1) is 9.66. The molecule has 0 aromatic rings. The Balaban J connectivity index is 0. The topological polar surface area (TPSA) is 46.5 Å². The van der Waals surface area contributed by atoms with Crippen molar-refractivity contribution in [2.45, 2.75) is 20.1 Å². The van der Waals surface area contributed by atoms with Gasteiger partial charge in [0.15, 0.2) is 6.29 Å². The molecule has 0 heterocycles. The largest absolute Gasteiger partial charge is 0.436 e. The number of ether oxygens (including phenoxy) is 1. The molecule has 3 nitrogen and oxygen atoms in total. The van der Waals surface area contributed by atoms with Crippen molar-refractivity contribution >= 4 is 5.97 Å². The predicted molar refractivity (Wildman–Crippen MR) is 23.4 cm³/mol. The minimum Gasteiger partial charge on any atom is -0.436 e. The Hall–Kier alpha value is -1.57. The summed E-state index contributed by atoms with van der Waals surface area (Å²) in [4.78, 5) is 9.87. The molecule has 44 valence electrons. The summed E-state index contributed by atoms with van der Waals surface area (Å²) in [6, 6.07) is 0. The van der Waals surface area contributed by atoms with Crippen LogP contribution in [0.15, 0.2) is 0 Å². The smallest absolute Gasteiger partial charge is 0.304 e. The number of hydrogen-bond acceptors (Lipinski definition) is 3. The van der Waals surface area contributed by atoms with Crippen molar-refractivity contribution in [1.29, 1.82) is 0 Å². The third-order valence-corrected chi connectivity index (χ3v) is 0.337. The van der Waals surface area contributed by atoms with Gasteiger partial charge in [0.25, 0.3) is 0 Å². The molecule has 0 bridgehead atoms. The maximum Gasteiger partial charge on any atom is 0.304 e. The summed E-state index contributed by atoms with van der Waals surface area (Å²) in [5, 5.41) is 8.28. The van der Waals surface area contributed by atoms with Gasteiger partial charge in [-0.1, -0.05) is 0 Å². The van der Waals surface area contributed by atoms with Crippen LogP contribution >= 0.6 is 0 Å². The summed E-state index contributed by atoms with van der Waals surface area (Å²) in [5.74, 6) is -0.463. The normalized spacial score (nSPS) is 11.4. The van der Waals surface area contributed by atoms with Crippen LogP contribution in [-0.4, -0.2) is 17.4 Å². The van der Waals surface area contributed by atoms with Crippen molar-refractivity contribution < 1.29 is 14.6 Å². The van der Waals surface area contributed by atoms with Crippen molar-refractivity contribution in [3.8, 4) is 0 Å². The zero-order chi connectivity index (χ0) is 5.86. The number of carbonyl (C=O) groups is 1. The minimum atomic E-state index is -0.975. The zero-order valence-corrected chi connectivity index (χ0v) is 11.4. The number of esters is 1. The Morgan fingerprint density at radius 1 is 1.75 bits per heavy atom. The third kappa shape index (κ3) is 8.83. The van der Waals surface area contributed by atoms with Crippen LogP contribution in [-0.2, 0) is 9.53 Å². The van der Waals surface area contributed by atoms with E-state index in [-0.39, 0.29) is 0 Å². The Morgan fingerprint density at radius 3 is 2.12 bits per heavy atom. The molecular weight excluding hydrogens is 363 g/mol. The quantitative estimate of drug-likeness (QED) is 0.517. The third-order valence-electron chi connectivity index (χ3n) is 0.337. The molecule has 0 rings (SSSR count). The van der Waals surface area contributed by atoms with Gasteiger partial charge in [0, 0.05) is 6.92 Å². The van der Waals surface area contributed by atoms with E-state index in [0.717, 1.165) is 0 Å². The van der Waals surface area contributed by atoms with Crippen LogP contribution in [0, 0.1) is 0 Å². The maximum atomic E-state index is 9.87. The molecule has 0 amide bonds. The van der Waals surface area contributed by atoms with Crippen LogP contribution in [0.5, 0.6) is 0 Å². The fourth-order valence-electron chi connectivity index (χ4n) is 0.240. The van der Waals surface area contributed by atoms with Gasteiger partial charge >= 0.3 is 5.97 Å². The molecule has 0 aromatic heterocycles. The molecule has 8 heavy (non-hydrogen) atoms. The van der Waals surface area contributed by atoms with Gasteiger partial charge in [-0.2, -0.15) is 0 Å². The second-order valence-corrected chi connectivity index (χ2v) is 1.21. The second-order valence-electron chi connectivity index (χ2n) is 1.21. The van der Waals surface area contributed by atoms with Crippen LogP contribution in [0.4, 0.5) is 0 Å². The summed E-state index contributed by atoms with van der Waals surface area (Å²) in [6.07, 6.45) is -0.975. The van der Waals surface area contributed by atoms with Gasteiger partial charge in [0.1, 0.15) is 0 Å². The monoisotopic (exact) mass is 371 g/mol. The van der Waals surface area contributed by atoms with Gasteiger partial charge in [-0.3, -0.25) is 4.79 Å². The summed E-state index contributed by atoms with van der Waals surface area (Å²) in [7, 11) is 0. The van der Waals surface area contributed by atoms with E-state index in [1.54, 1.807) is 0 Å². The Morgan fingerprint density at radius 2 is 2.12 bits per heavy atom. The summed E-state index contributed by atoms with van der Waals surface area (Å²) >= 11 is 0. The predicted octanol–water partition coefficient (Wildman–Crippen LogP) is -0.112. The fourth-order valence-corrected chi connectivity index (χ4v) is 0.240. The Kier molecular flexibility index (Phi) is 4.36. The zero-order valence-electron chi connectivity index (χ0n) is 5.05. The number of carbonyl (C=O) groups excluding carboxylic acids is 1. The van der Waals surface area contributed by atoms with E-state index in [2.05, 4.69) is 4.74 Å². The molecule has 4 heteroatoms. The van der Waals surface area contributed by atoms with Crippen molar-refractivity contribution in [3.63, 3.8) is 0 Å². The first-order valence-corrected chi connectivity index (χ1v) is 1.98. The van der Waals surface area contributed by atoms with Crippen LogP contribution in [0.1, 0.15) is 13.8 Å². The second kappa shape index (κ2) is 3.61. The van der Waals surface area contributed by atoms with Gasteiger partial charge in [-0.15, -0.1) is 0 Å². The van der Waals surface area contributed by atoms with Gasteiger partial charge in [0.05, 0.1) is 0 Å². The molecule has 0 aliphatic carbocycles. The molecule has 0 saturated heterocycles. The SMILES string of the molecule is CC(=O)OC(C)O.[Rf]. The van der Waals surface area contributed by atoms with E-state index >= 15 is 0 Å². The molecule has 1 N–H and O–H groups in total. The molecule has 0 aliphatic rings. The van der Waals surface area contributed by atoms with Gasteiger partial charge in [-0.05, 0) is 6.92 Å². The van der Waals surface area contributed by atoms with E-state index in [4.69, 9.17) is 5.11 Å². The van der Waals surface area contributed by atoms with Gasteiger partial charge in [-0.25, -0.2) is 0 Å². The van der Waals surface area contributed by atoms with E-state index in [9.17, 15) is 4.79 Å². The van der Waals surface area contributed by atoms with E-state index in [1.807, 2.05) is 0 Å². The number of aliphatic hydroxyl groups excluding tert-OH is 1. The van der Waals surface area contributed by atoms with Crippen LogP contribution in [0.2, 0.25) is 0 Å². The number of rotatable bonds is 1. The van der Waals surface area contributed by atoms with E-state index in [1.165, 1.54) is 13.8 Å². The molecular formula is C4H8O3Rf. The van der Waals surface area contributed by atoms with Crippen LogP contribution in [0.25, 0.3) is 0 Å². The summed E-state index contributed by atoms with van der Waals surface area (Å²) < 4.78 is 4.17. The molecule has 0 radical (unpaired) electrons. The number of hydrogen-bond donors (Lipinski definition) is 1. The number of aliphatic hydroxyl groups is 1. The first-order valence-electron chi connectivity index (χ1n) is 1.98. The standard InChI is InChI=1S/C4H8O3.Rf/c1-3(5)7-4(2)6;/h3,5H,1-2H3;. The fraction of sp³-hybridized carbons (Fsp3) is 0.750. The average Bonchev–Trinajstić information content (AvgIpc) is 1.27. The van der Waals surface area contributed by atoms with Gasteiger partial charge in [0.2, 0.25) is 0 Å². The molecule has 1 unspecified atom stereocenters. The summed E-state index contributed by atoms with van der Waals surface area (Å²) in [6.45, 7) is 2.62. The van der Waals surface area contributed by atoms with Gasteiger partial charge < -0.3 is 9.84 Å². The van der Waals surface area contributed by atoms with Crippen molar-refractivity contribution in [2.75, 3.05) is 0 Å². The molecule has 0 saturated carbocycles. The molecule has 0 fully saturated rings. The Labute approximate surface area is 41.9 Å². The van der Waals surface area contributed by atoms with Crippen LogP contribution < -0.4 is 0 Å². The molecule has 0 spiro atoms. The minimum absolute atomic E-state index is 0. The molecule has 0 aliphatic heterocycles. The first-order chi connectivity index (χ1) is 3.13. The van der Waals surface area contributed by atoms with Crippen molar-refractivity contribution in [1.82, 2.24) is 0 Å². The van der Waals surface area contributed by atoms with Crippen molar-refractivity contribution in [2.24, 2.45) is 0 Å². The van der Waals surface area contributed by atoms with Crippen LogP contribution in [0.3, 0.4) is 0 Å². The Bertz CT molecular complexity index is 71.7. The maximum absolute atomic E-state index is 9.87. The average molecular weight is 371 g/mol. The molecule has 1 atom stereocenters. The van der Waals surface area contributed by atoms with E-state index in [0.29, 0.717) is 0 Å².